The van der Waals surface area contributed by atoms with Crippen LogP contribution >= 0.6 is 0 Å². The van der Waals surface area contributed by atoms with Crippen molar-refractivity contribution in [1.29, 1.82) is 0 Å². The van der Waals surface area contributed by atoms with Gasteiger partial charge in [0.25, 0.3) is 0 Å². The summed E-state index contributed by atoms with van der Waals surface area (Å²) in [5.74, 6) is 2.74. The van der Waals surface area contributed by atoms with Crippen LogP contribution in [0.15, 0.2) is 36.4 Å². The molecule has 25 heavy (non-hydrogen) atoms. The van der Waals surface area contributed by atoms with Gasteiger partial charge in [0.2, 0.25) is 5.91 Å². The number of piperazine rings is 1. The van der Waals surface area contributed by atoms with Crippen molar-refractivity contribution in [1.82, 2.24) is 14.9 Å². The maximum Gasteiger partial charge on any atom is 0.227 e. The Bertz CT molecular complexity index is 711. The van der Waals surface area contributed by atoms with E-state index in [1.165, 1.54) is 0 Å². The third-order valence-electron chi connectivity index (χ3n) is 4.34. The third kappa shape index (κ3) is 4.47. The van der Waals surface area contributed by atoms with Crippen LogP contribution in [0.2, 0.25) is 0 Å². The van der Waals surface area contributed by atoms with Crippen LogP contribution in [0, 0.1) is 6.92 Å². The van der Waals surface area contributed by atoms with E-state index >= 15 is 0 Å². The Labute approximate surface area is 148 Å². The molecule has 3 rings (SSSR count). The van der Waals surface area contributed by atoms with E-state index in [1.807, 2.05) is 55.1 Å². The van der Waals surface area contributed by atoms with Crippen LogP contribution in [0.25, 0.3) is 0 Å². The van der Waals surface area contributed by atoms with Gasteiger partial charge in [-0.25, -0.2) is 9.97 Å². The van der Waals surface area contributed by atoms with Crippen LogP contribution in [0.5, 0.6) is 0 Å². The highest BCUT2D eigenvalue weighted by Crippen LogP contribution is 2.18. The van der Waals surface area contributed by atoms with E-state index in [-0.39, 0.29) is 5.91 Å². The van der Waals surface area contributed by atoms with E-state index in [4.69, 9.17) is 0 Å². The minimum Gasteiger partial charge on any atom is -0.370 e. The van der Waals surface area contributed by atoms with E-state index in [9.17, 15) is 4.79 Å². The maximum atomic E-state index is 12.5. The summed E-state index contributed by atoms with van der Waals surface area (Å²) in [6.45, 7) is 7.83. The molecule has 6 heteroatoms. The first-order valence-electron chi connectivity index (χ1n) is 8.82. The van der Waals surface area contributed by atoms with Gasteiger partial charge in [-0.3, -0.25) is 4.79 Å². The lowest BCUT2D eigenvalue weighted by molar-refractivity contribution is -0.130. The molecule has 1 aromatic heterocycles. The molecule has 2 aromatic rings. The number of rotatable bonds is 5. The highest BCUT2D eigenvalue weighted by Gasteiger charge is 2.22. The summed E-state index contributed by atoms with van der Waals surface area (Å²) in [7, 11) is 0. The number of aromatic nitrogens is 2. The second-order valence-corrected chi connectivity index (χ2v) is 6.22. The monoisotopic (exact) mass is 339 g/mol. The fourth-order valence-corrected chi connectivity index (χ4v) is 3.05. The van der Waals surface area contributed by atoms with E-state index in [1.54, 1.807) is 0 Å². The van der Waals surface area contributed by atoms with Gasteiger partial charge in [0.05, 0.1) is 6.42 Å². The van der Waals surface area contributed by atoms with Gasteiger partial charge in [-0.15, -0.1) is 0 Å². The number of amides is 1. The molecule has 1 aromatic carbocycles. The molecule has 0 spiro atoms. The molecule has 2 heterocycles. The van der Waals surface area contributed by atoms with Gasteiger partial charge in [-0.05, 0) is 19.4 Å². The number of anilines is 2. The summed E-state index contributed by atoms with van der Waals surface area (Å²) >= 11 is 0. The molecule has 0 radical (unpaired) electrons. The molecule has 1 N–H and O–H groups in total. The Morgan fingerprint density at radius 1 is 1.12 bits per heavy atom. The SMILES string of the molecule is CCNc1cc(N2CCN(C(=O)Cc3ccccc3)CC2)nc(C)n1. The van der Waals surface area contributed by atoms with Crippen LogP contribution in [-0.2, 0) is 11.2 Å². The summed E-state index contributed by atoms with van der Waals surface area (Å²) in [5, 5.41) is 3.24. The molecule has 0 aliphatic carbocycles. The van der Waals surface area contributed by atoms with Gasteiger partial charge in [0.1, 0.15) is 17.5 Å². The zero-order valence-electron chi connectivity index (χ0n) is 14.9. The number of carbonyl (C=O) groups excluding carboxylic acids is 1. The van der Waals surface area contributed by atoms with Gasteiger partial charge in [0.15, 0.2) is 0 Å². The zero-order chi connectivity index (χ0) is 17.6. The summed E-state index contributed by atoms with van der Waals surface area (Å²) in [5.41, 5.74) is 1.07. The number of nitrogens with one attached hydrogen (secondary N) is 1. The molecular formula is C19H25N5O. The number of benzene rings is 1. The third-order valence-corrected chi connectivity index (χ3v) is 4.34. The smallest absolute Gasteiger partial charge is 0.227 e. The molecule has 0 bridgehead atoms. The first kappa shape index (κ1) is 17.2. The summed E-state index contributed by atoms with van der Waals surface area (Å²) in [6.07, 6.45) is 0.470. The lowest BCUT2D eigenvalue weighted by atomic mass is 10.1. The lowest BCUT2D eigenvalue weighted by Gasteiger charge is -2.35. The zero-order valence-corrected chi connectivity index (χ0v) is 14.9. The van der Waals surface area contributed by atoms with Crippen molar-refractivity contribution in [2.45, 2.75) is 20.3 Å². The van der Waals surface area contributed by atoms with E-state index in [0.717, 1.165) is 55.7 Å². The number of hydrogen-bond donors (Lipinski definition) is 1. The van der Waals surface area contributed by atoms with Gasteiger partial charge in [-0.1, -0.05) is 30.3 Å². The molecule has 1 amide bonds. The Morgan fingerprint density at radius 3 is 2.52 bits per heavy atom. The first-order chi connectivity index (χ1) is 12.2. The van der Waals surface area contributed by atoms with Crippen LogP contribution in [0.3, 0.4) is 0 Å². The van der Waals surface area contributed by atoms with Gasteiger partial charge in [-0.2, -0.15) is 0 Å². The second-order valence-electron chi connectivity index (χ2n) is 6.22. The molecule has 1 saturated heterocycles. The van der Waals surface area contributed by atoms with Crippen molar-refractivity contribution in [2.75, 3.05) is 42.9 Å². The lowest BCUT2D eigenvalue weighted by Crippen LogP contribution is -2.49. The number of carbonyl (C=O) groups is 1. The van der Waals surface area contributed by atoms with Crippen molar-refractivity contribution in [3.63, 3.8) is 0 Å². The number of hydrogen-bond acceptors (Lipinski definition) is 5. The van der Waals surface area contributed by atoms with Gasteiger partial charge in [0, 0.05) is 38.8 Å². The highest BCUT2D eigenvalue weighted by molar-refractivity contribution is 5.79. The van der Waals surface area contributed by atoms with Crippen molar-refractivity contribution in [3.8, 4) is 0 Å². The second kappa shape index (κ2) is 7.96. The molecule has 132 valence electrons. The maximum absolute atomic E-state index is 12.5. The molecule has 0 atom stereocenters. The topological polar surface area (TPSA) is 61.4 Å². The molecule has 1 fully saturated rings. The van der Waals surface area contributed by atoms with Crippen molar-refractivity contribution < 1.29 is 4.79 Å². The Kier molecular flexibility index (Phi) is 5.48. The van der Waals surface area contributed by atoms with Crippen LogP contribution in [0.4, 0.5) is 11.6 Å². The average molecular weight is 339 g/mol. The van der Waals surface area contributed by atoms with E-state index in [2.05, 4.69) is 20.2 Å². The molecule has 0 unspecified atom stereocenters. The highest BCUT2D eigenvalue weighted by atomic mass is 16.2. The molecule has 0 saturated carbocycles. The Balaban J connectivity index is 1.59. The number of aryl methyl sites for hydroxylation is 1. The molecule has 1 aliphatic heterocycles. The van der Waals surface area contributed by atoms with Crippen molar-refractivity contribution >= 4 is 17.5 Å². The summed E-state index contributed by atoms with van der Waals surface area (Å²) in [4.78, 5) is 25.6. The van der Waals surface area contributed by atoms with Crippen LogP contribution in [0.1, 0.15) is 18.3 Å². The summed E-state index contributed by atoms with van der Waals surface area (Å²) in [6, 6.07) is 11.9. The molecule has 1 aliphatic rings. The standard InChI is InChI=1S/C19H25N5O/c1-3-20-17-14-18(22-15(2)21-17)23-9-11-24(12-10-23)19(25)13-16-7-5-4-6-8-16/h4-8,14H,3,9-13H2,1-2H3,(H,20,21,22). The predicted molar refractivity (Wildman–Crippen MR) is 99.9 cm³/mol. The predicted octanol–water partition coefficient (Wildman–Crippen LogP) is 2.11. The van der Waals surface area contributed by atoms with Gasteiger partial charge >= 0.3 is 0 Å². The quantitative estimate of drug-likeness (QED) is 0.904. The minimum absolute atomic E-state index is 0.193. The van der Waals surface area contributed by atoms with Crippen LogP contribution < -0.4 is 10.2 Å². The van der Waals surface area contributed by atoms with Crippen molar-refractivity contribution in [2.24, 2.45) is 0 Å². The van der Waals surface area contributed by atoms with Crippen LogP contribution in [-0.4, -0.2) is 53.5 Å². The van der Waals surface area contributed by atoms with E-state index < -0.39 is 0 Å². The first-order valence-corrected chi connectivity index (χ1v) is 8.82. The Hall–Kier alpha value is -2.63. The fourth-order valence-electron chi connectivity index (χ4n) is 3.05. The minimum atomic E-state index is 0.193. The molecular weight excluding hydrogens is 314 g/mol. The van der Waals surface area contributed by atoms with Gasteiger partial charge < -0.3 is 15.1 Å². The fraction of sp³-hybridized carbons (Fsp3) is 0.421. The summed E-state index contributed by atoms with van der Waals surface area (Å²) < 4.78 is 0. The largest absolute Gasteiger partial charge is 0.370 e. The number of nitrogens with zero attached hydrogens (tertiary/aromatic N) is 4. The Morgan fingerprint density at radius 2 is 1.84 bits per heavy atom. The average Bonchev–Trinajstić information content (AvgIpc) is 2.62. The molecule has 6 nitrogen and oxygen atoms in total. The van der Waals surface area contributed by atoms with Crippen molar-refractivity contribution in [3.05, 3.63) is 47.8 Å². The normalized spacial score (nSPS) is 14.5. The van der Waals surface area contributed by atoms with E-state index in [0.29, 0.717) is 6.42 Å².